The van der Waals surface area contributed by atoms with E-state index in [1.165, 1.54) is 7.11 Å². The van der Waals surface area contributed by atoms with Crippen LogP contribution in [0.2, 0.25) is 10.0 Å². The molecule has 7 nitrogen and oxygen atoms in total. The van der Waals surface area contributed by atoms with Gasteiger partial charge in [-0.15, -0.1) is 0 Å². The normalized spacial score (nSPS) is 15.4. The molecule has 0 saturated carbocycles. The topological polar surface area (TPSA) is 87.3 Å². The lowest BCUT2D eigenvalue weighted by atomic mass is 9.96. The summed E-state index contributed by atoms with van der Waals surface area (Å²) in [6.07, 6.45) is 2.26. The van der Waals surface area contributed by atoms with Crippen LogP contribution < -0.4 is 5.32 Å². The van der Waals surface area contributed by atoms with Gasteiger partial charge in [-0.05, 0) is 42.0 Å². The molecule has 0 radical (unpaired) electrons. The number of esters is 1. The van der Waals surface area contributed by atoms with E-state index in [0.29, 0.717) is 34.3 Å². The van der Waals surface area contributed by atoms with E-state index in [4.69, 9.17) is 27.9 Å². The average molecular weight is 445 g/mol. The van der Waals surface area contributed by atoms with Crippen molar-refractivity contribution in [2.24, 2.45) is 0 Å². The number of carbonyl (C=O) groups excluding carboxylic acids is 2. The first-order chi connectivity index (χ1) is 14.5. The Morgan fingerprint density at radius 3 is 2.67 bits per heavy atom. The van der Waals surface area contributed by atoms with Crippen LogP contribution in [0.4, 0.5) is 10.5 Å². The predicted octanol–water partition coefficient (Wildman–Crippen LogP) is 4.68. The number of ether oxygens (including phenoxy) is 1. The summed E-state index contributed by atoms with van der Waals surface area (Å²) in [5, 5.41) is 3.86. The number of methoxy groups -OCH3 is 1. The molecule has 1 aliphatic heterocycles. The molecule has 30 heavy (non-hydrogen) atoms. The molecule has 0 bridgehead atoms. The molecule has 1 aliphatic rings. The van der Waals surface area contributed by atoms with Gasteiger partial charge in [0.2, 0.25) is 0 Å². The third kappa shape index (κ3) is 3.86. The number of anilines is 1. The molecule has 9 heteroatoms. The molecule has 0 spiro atoms. The minimum atomic E-state index is -0.459. The highest BCUT2D eigenvalue weighted by atomic mass is 35.5. The third-order valence-electron chi connectivity index (χ3n) is 5.00. The minimum Gasteiger partial charge on any atom is -0.465 e. The van der Waals surface area contributed by atoms with Crippen LogP contribution in [0.1, 0.15) is 33.4 Å². The molecule has 0 aliphatic carbocycles. The highest BCUT2D eigenvalue weighted by molar-refractivity contribution is 6.35. The van der Waals surface area contributed by atoms with Gasteiger partial charge < -0.3 is 19.9 Å². The number of hydrogen-bond donors (Lipinski definition) is 2. The molecule has 154 valence electrons. The summed E-state index contributed by atoms with van der Waals surface area (Å²) in [5.74, 6) is -0.438. The fraction of sp³-hybridized carbons (Fsp3) is 0.190. The van der Waals surface area contributed by atoms with Crippen molar-refractivity contribution in [1.29, 1.82) is 0 Å². The number of aromatic nitrogens is 2. The smallest absolute Gasteiger partial charge is 0.337 e. The molecular formula is C21H18Cl2N4O3. The summed E-state index contributed by atoms with van der Waals surface area (Å²) < 4.78 is 4.69. The lowest BCUT2D eigenvalue weighted by Crippen LogP contribution is -2.43. The first-order valence-electron chi connectivity index (χ1n) is 9.21. The molecule has 2 amide bonds. The van der Waals surface area contributed by atoms with E-state index in [1.54, 1.807) is 47.6 Å². The van der Waals surface area contributed by atoms with E-state index in [-0.39, 0.29) is 6.03 Å². The number of fused-ring (bicyclic) bond motifs is 1. The monoisotopic (exact) mass is 444 g/mol. The van der Waals surface area contributed by atoms with Crippen LogP contribution in [0, 0.1) is 0 Å². The molecule has 0 fully saturated rings. The van der Waals surface area contributed by atoms with E-state index < -0.39 is 12.0 Å². The number of amides is 2. The molecule has 1 aromatic heterocycles. The number of hydrogen-bond acceptors (Lipinski definition) is 4. The molecule has 1 atom stereocenters. The van der Waals surface area contributed by atoms with E-state index in [9.17, 15) is 9.59 Å². The second kappa shape index (κ2) is 8.38. The highest BCUT2D eigenvalue weighted by Crippen LogP contribution is 2.38. The number of halogens is 2. The van der Waals surface area contributed by atoms with Gasteiger partial charge in [-0.3, -0.25) is 0 Å². The fourth-order valence-electron chi connectivity index (χ4n) is 3.54. The van der Waals surface area contributed by atoms with Gasteiger partial charge in [0.15, 0.2) is 0 Å². The van der Waals surface area contributed by atoms with E-state index in [2.05, 4.69) is 15.3 Å². The molecule has 1 unspecified atom stereocenters. The standard InChI is InChI=1S/C21H18Cl2N4O3/c1-30-20(28)12-2-5-14(6-3-12)26-21(29)27-9-8-17-18(25-11-24-17)19(27)15-7-4-13(22)10-16(15)23/h2-7,10-11,19H,8-9H2,1H3,(H,24,25)(H,26,29). The maximum atomic E-state index is 13.2. The summed E-state index contributed by atoms with van der Waals surface area (Å²) in [5.41, 5.74) is 3.42. The summed E-state index contributed by atoms with van der Waals surface area (Å²) in [4.78, 5) is 34.0. The average Bonchev–Trinajstić information content (AvgIpc) is 3.22. The lowest BCUT2D eigenvalue weighted by Gasteiger charge is -2.35. The van der Waals surface area contributed by atoms with Crippen LogP contribution in [0.15, 0.2) is 48.8 Å². The number of nitrogens with one attached hydrogen (secondary N) is 2. The largest absolute Gasteiger partial charge is 0.465 e. The van der Waals surface area contributed by atoms with Crippen LogP contribution in [0.5, 0.6) is 0 Å². The number of carbonyl (C=O) groups is 2. The van der Waals surface area contributed by atoms with Crippen molar-refractivity contribution in [2.45, 2.75) is 12.5 Å². The maximum Gasteiger partial charge on any atom is 0.337 e. The zero-order valence-corrected chi connectivity index (χ0v) is 17.5. The molecule has 4 rings (SSSR count). The Kier molecular flexibility index (Phi) is 5.65. The van der Waals surface area contributed by atoms with Crippen molar-refractivity contribution < 1.29 is 14.3 Å². The Bertz CT molecular complexity index is 1100. The molecule has 2 N–H and O–H groups in total. The van der Waals surface area contributed by atoms with Gasteiger partial charge in [-0.25, -0.2) is 14.6 Å². The summed E-state index contributed by atoms with van der Waals surface area (Å²) in [6, 6.07) is 10.9. The fourth-order valence-corrected chi connectivity index (χ4v) is 4.05. The molecule has 2 heterocycles. The first-order valence-corrected chi connectivity index (χ1v) is 9.96. The van der Waals surface area contributed by atoms with Crippen LogP contribution in [0.3, 0.4) is 0 Å². The summed E-state index contributed by atoms with van der Waals surface area (Å²) >= 11 is 12.5. The highest BCUT2D eigenvalue weighted by Gasteiger charge is 2.35. The van der Waals surface area contributed by atoms with E-state index >= 15 is 0 Å². The third-order valence-corrected chi connectivity index (χ3v) is 5.56. The number of H-pyrrole nitrogens is 1. The van der Waals surface area contributed by atoms with Gasteiger partial charge in [0, 0.05) is 34.4 Å². The first kappa shape index (κ1) is 20.3. The Morgan fingerprint density at radius 1 is 1.20 bits per heavy atom. The molecular weight excluding hydrogens is 427 g/mol. The molecule has 2 aromatic carbocycles. The van der Waals surface area contributed by atoms with E-state index in [0.717, 1.165) is 17.0 Å². The van der Waals surface area contributed by atoms with Crippen LogP contribution in [-0.4, -0.2) is 40.5 Å². The maximum absolute atomic E-state index is 13.2. The Balaban J connectivity index is 1.63. The Labute approximate surface area is 183 Å². The second-order valence-corrected chi connectivity index (χ2v) is 7.62. The van der Waals surface area contributed by atoms with Gasteiger partial charge >= 0.3 is 12.0 Å². The predicted molar refractivity (Wildman–Crippen MR) is 114 cm³/mol. The van der Waals surface area contributed by atoms with Crippen molar-refractivity contribution in [3.05, 3.63) is 81.4 Å². The lowest BCUT2D eigenvalue weighted by molar-refractivity contribution is 0.0600. The van der Waals surface area contributed by atoms with Gasteiger partial charge in [0.05, 0.1) is 24.7 Å². The SMILES string of the molecule is COC(=O)c1ccc(NC(=O)N2CCc3[nH]cnc3C2c2ccc(Cl)cc2Cl)cc1. The number of imidazole rings is 1. The zero-order chi connectivity index (χ0) is 21.3. The van der Waals surface area contributed by atoms with Gasteiger partial charge in [-0.2, -0.15) is 0 Å². The van der Waals surface area contributed by atoms with Crippen LogP contribution in [-0.2, 0) is 11.2 Å². The number of benzene rings is 2. The van der Waals surface area contributed by atoms with Crippen molar-refractivity contribution in [3.63, 3.8) is 0 Å². The molecule has 3 aromatic rings. The second-order valence-electron chi connectivity index (χ2n) is 6.78. The number of rotatable bonds is 3. The van der Waals surface area contributed by atoms with Gasteiger partial charge in [0.1, 0.15) is 6.04 Å². The quantitative estimate of drug-likeness (QED) is 0.573. The van der Waals surface area contributed by atoms with Crippen LogP contribution in [0.25, 0.3) is 0 Å². The summed E-state index contributed by atoms with van der Waals surface area (Å²) in [6.45, 7) is 0.477. The van der Waals surface area contributed by atoms with Gasteiger partial charge in [-0.1, -0.05) is 29.3 Å². The number of aromatic amines is 1. The Hall–Kier alpha value is -3.03. The van der Waals surface area contributed by atoms with Crippen molar-refractivity contribution in [1.82, 2.24) is 14.9 Å². The Morgan fingerprint density at radius 2 is 1.97 bits per heavy atom. The van der Waals surface area contributed by atoms with Gasteiger partial charge in [0.25, 0.3) is 0 Å². The van der Waals surface area contributed by atoms with Crippen molar-refractivity contribution >= 4 is 40.9 Å². The van der Waals surface area contributed by atoms with E-state index in [1.807, 2.05) is 6.07 Å². The number of nitrogens with zero attached hydrogens (tertiary/aromatic N) is 2. The van der Waals surface area contributed by atoms with Crippen LogP contribution >= 0.6 is 23.2 Å². The summed E-state index contributed by atoms with van der Waals surface area (Å²) in [7, 11) is 1.32. The van der Waals surface area contributed by atoms with Crippen molar-refractivity contribution in [2.75, 3.05) is 19.0 Å². The zero-order valence-electron chi connectivity index (χ0n) is 16.0. The minimum absolute atomic E-state index is 0.300. The number of urea groups is 1. The van der Waals surface area contributed by atoms with Crippen molar-refractivity contribution in [3.8, 4) is 0 Å². The molecule has 0 saturated heterocycles.